The molecule has 0 spiro atoms. The van der Waals surface area contributed by atoms with Crippen molar-refractivity contribution in [3.63, 3.8) is 0 Å². The van der Waals surface area contributed by atoms with E-state index in [4.69, 9.17) is 4.74 Å². The molecule has 0 saturated heterocycles. The molecular formula is C16H20N2O3. The van der Waals surface area contributed by atoms with Crippen LogP contribution in [-0.4, -0.2) is 24.5 Å². The minimum atomic E-state index is -0.119. The molecule has 1 aromatic heterocycles. The van der Waals surface area contributed by atoms with E-state index in [1.165, 1.54) is 0 Å². The van der Waals surface area contributed by atoms with Crippen molar-refractivity contribution in [2.24, 2.45) is 5.92 Å². The van der Waals surface area contributed by atoms with Gasteiger partial charge in [0.1, 0.15) is 5.75 Å². The maximum atomic E-state index is 12.0. The largest absolute Gasteiger partial charge is 0.497 e. The van der Waals surface area contributed by atoms with Gasteiger partial charge in [0.25, 0.3) is 5.56 Å². The van der Waals surface area contributed by atoms with Crippen molar-refractivity contribution in [2.45, 2.75) is 20.3 Å². The molecule has 0 saturated carbocycles. The van der Waals surface area contributed by atoms with Crippen LogP contribution in [-0.2, 0) is 11.2 Å². The number of amides is 1. The predicted molar refractivity (Wildman–Crippen MR) is 82.7 cm³/mol. The number of hydrogen-bond donors (Lipinski definition) is 2. The number of pyridine rings is 1. The van der Waals surface area contributed by atoms with Crippen molar-refractivity contribution < 1.29 is 9.53 Å². The molecule has 0 aliphatic rings. The second-order valence-corrected chi connectivity index (χ2v) is 5.27. The Hall–Kier alpha value is -2.30. The van der Waals surface area contributed by atoms with E-state index in [0.29, 0.717) is 18.5 Å². The van der Waals surface area contributed by atoms with Crippen LogP contribution in [0.1, 0.15) is 19.4 Å². The quantitative estimate of drug-likeness (QED) is 0.882. The molecule has 0 aliphatic heterocycles. The lowest BCUT2D eigenvalue weighted by atomic mass is 10.1. The Labute approximate surface area is 123 Å². The van der Waals surface area contributed by atoms with E-state index in [9.17, 15) is 9.59 Å². The summed E-state index contributed by atoms with van der Waals surface area (Å²) in [4.78, 5) is 26.3. The first-order chi connectivity index (χ1) is 10.0. The highest BCUT2D eigenvalue weighted by atomic mass is 16.5. The summed E-state index contributed by atoms with van der Waals surface area (Å²) in [6.45, 7) is 4.13. The highest BCUT2D eigenvalue weighted by molar-refractivity contribution is 5.80. The number of aromatic amines is 1. The Kier molecular flexibility index (Phi) is 4.62. The summed E-state index contributed by atoms with van der Waals surface area (Å²) in [6.07, 6.45) is 0.501. The molecule has 2 aromatic rings. The van der Waals surface area contributed by atoms with Crippen LogP contribution < -0.4 is 15.6 Å². The number of nitrogens with one attached hydrogen (secondary N) is 2. The fourth-order valence-corrected chi connectivity index (χ4v) is 2.07. The summed E-state index contributed by atoms with van der Waals surface area (Å²) in [5.41, 5.74) is 1.31. The van der Waals surface area contributed by atoms with Gasteiger partial charge in [0.15, 0.2) is 0 Å². The van der Waals surface area contributed by atoms with Gasteiger partial charge in [-0.2, -0.15) is 0 Å². The number of rotatable bonds is 5. The molecule has 0 bridgehead atoms. The Morgan fingerprint density at radius 3 is 2.76 bits per heavy atom. The van der Waals surface area contributed by atoms with Crippen molar-refractivity contribution in [3.05, 3.63) is 40.2 Å². The van der Waals surface area contributed by atoms with E-state index in [2.05, 4.69) is 10.3 Å². The topological polar surface area (TPSA) is 71.2 Å². The molecule has 0 radical (unpaired) electrons. The van der Waals surface area contributed by atoms with Gasteiger partial charge in [-0.3, -0.25) is 9.59 Å². The summed E-state index contributed by atoms with van der Waals surface area (Å²) in [5.74, 6) is 0.687. The molecule has 1 heterocycles. The number of hydrogen-bond acceptors (Lipinski definition) is 3. The molecule has 0 atom stereocenters. The highest BCUT2D eigenvalue weighted by Crippen LogP contribution is 2.18. The van der Waals surface area contributed by atoms with Crippen molar-refractivity contribution in [3.8, 4) is 5.75 Å². The summed E-state index contributed by atoms with van der Waals surface area (Å²) in [6, 6.07) is 7.35. The standard InChI is InChI=1S/C16H20N2O3/c1-10(2)15(19)17-7-6-11-8-12-9-13(21-3)4-5-14(12)18-16(11)20/h4-5,8-10H,6-7H2,1-3H3,(H,17,19)(H,18,20). The summed E-state index contributed by atoms with van der Waals surface area (Å²) >= 11 is 0. The summed E-state index contributed by atoms with van der Waals surface area (Å²) in [7, 11) is 1.61. The summed E-state index contributed by atoms with van der Waals surface area (Å²) < 4.78 is 5.18. The minimum absolute atomic E-state index is 0.00566. The average Bonchev–Trinajstić information content (AvgIpc) is 2.47. The van der Waals surface area contributed by atoms with E-state index in [1.807, 2.05) is 32.0 Å². The van der Waals surface area contributed by atoms with E-state index in [1.54, 1.807) is 13.2 Å². The van der Waals surface area contributed by atoms with Crippen LogP contribution in [0.4, 0.5) is 0 Å². The first-order valence-electron chi connectivity index (χ1n) is 6.99. The van der Waals surface area contributed by atoms with Crippen LogP contribution in [0.2, 0.25) is 0 Å². The zero-order valence-electron chi connectivity index (χ0n) is 12.5. The van der Waals surface area contributed by atoms with Crippen LogP contribution in [0.25, 0.3) is 10.9 Å². The lowest BCUT2D eigenvalue weighted by molar-refractivity contribution is -0.123. The normalized spacial score (nSPS) is 10.9. The minimum Gasteiger partial charge on any atom is -0.497 e. The number of benzene rings is 1. The molecule has 1 amide bonds. The van der Waals surface area contributed by atoms with Crippen LogP contribution in [0.15, 0.2) is 29.1 Å². The Morgan fingerprint density at radius 2 is 2.10 bits per heavy atom. The van der Waals surface area contributed by atoms with E-state index < -0.39 is 0 Å². The maximum Gasteiger partial charge on any atom is 0.251 e. The summed E-state index contributed by atoms with van der Waals surface area (Å²) in [5, 5.41) is 3.73. The Bertz CT molecular complexity index is 704. The molecule has 0 aliphatic carbocycles. The van der Waals surface area contributed by atoms with Crippen molar-refractivity contribution in [1.29, 1.82) is 0 Å². The van der Waals surface area contributed by atoms with Crippen LogP contribution >= 0.6 is 0 Å². The number of methoxy groups -OCH3 is 1. The molecule has 0 unspecified atom stereocenters. The zero-order chi connectivity index (χ0) is 15.4. The first-order valence-corrected chi connectivity index (χ1v) is 6.99. The number of H-pyrrole nitrogens is 1. The number of ether oxygens (including phenoxy) is 1. The molecule has 2 rings (SSSR count). The average molecular weight is 288 g/mol. The van der Waals surface area contributed by atoms with Crippen LogP contribution in [0, 0.1) is 5.92 Å². The van der Waals surface area contributed by atoms with Gasteiger partial charge in [-0.1, -0.05) is 13.8 Å². The molecule has 1 aromatic carbocycles. The van der Waals surface area contributed by atoms with Gasteiger partial charge in [0, 0.05) is 28.9 Å². The van der Waals surface area contributed by atoms with Crippen LogP contribution in [0.3, 0.4) is 0 Å². The Balaban J connectivity index is 2.17. The van der Waals surface area contributed by atoms with Gasteiger partial charge in [0.2, 0.25) is 5.91 Å². The molecular weight excluding hydrogens is 268 g/mol. The smallest absolute Gasteiger partial charge is 0.251 e. The second kappa shape index (κ2) is 6.43. The van der Waals surface area contributed by atoms with Crippen molar-refractivity contribution >= 4 is 16.8 Å². The maximum absolute atomic E-state index is 12.0. The van der Waals surface area contributed by atoms with Gasteiger partial charge < -0.3 is 15.0 Å². The second-order valence-electron chi connectivity index (χ2n) is 5.27. The van der Waals surface area contributed by atoms with Crippen LogP contribution in [0.5, 0.6) is 5.75 Å². The van der Waals surface area contributed by atoms with Gasteiger partial charge in [-0.25, -0.2) is 0 Å². The highest BCUT2D eigenvalue weighted by Gasteiger charge is 2.07. The lowest BCUT2D eigenvalue weighted by Gasteiger charge is -2.08. The third kappa shape index (κ3) is 3.62. The Morgan fingerprint density at radius 1 is 1.33 bits per heavy atom. The van der Waals surface area contributed by atoms with Gasteiger partial charge in [-0.15, -0.1) is 0 Å². The van der Waals surface area contributed by atoms with E-state index in [-0.39, 0.29) is 17.4 Å². The van der Waals surface area contributed by atoms with Gasteiger partial charge in [0.05, 0.1) is 7.11 Å². The van der Waals surface area contributed by atoms with Gasteiger partial charge >= 0.3 is 0 Å². The third-order valence-electron chi connectivity index (χ3n) is 3.35. The fourth-order valence-electron chi connectivity index (χ4n) is 2.07. The van der Waals surface area contributed by atoms with Gasteiger partial charge in [-0.05, 0) is 30.7 Å². The van der Waals surface area contributed by atoms with E-state index in [0.717, 1.165) is 16.7 Å². The van der Waals surface area contributed by atoms with E-state index >= 15 is 0 Å². The molecule has 5 heteroatoms. The number of carbonyl (C=O) groups excluding carboxylic acids is 1. The third-order valence-corrected chi connectivity index (χ3v) is 3.35. The van der Waals surface area contributed by atoms with Crippen molar-refractivity contribution in [1.82, 2.24) is 10.3 Å². The number of carbonyl (C=O) groups is 1. The molecule has 0 fully saturated rings. The zero-order valence-corrected chi connectivity index (χ0v) is 12.5. The first kappa shape index (κ1) is 15.1. The number of fused-ring (bicyclic) bond motifs is 1. The monoisotopic (exact) mass is 288 g/mol. The predicted octanol–water partition coefficient (Wildman–Crippen LogP) is 1.85. The molecule has 2 N–H and O–H groups in total. The lowest BCUT2D eigenvalue weighted by Crippen LogP contribution is -2.30. The van der Waals surface area contributed by atoms with Crippen molar-refractivity contribution in [2.75, 3.05) is 13.7 Å². The number of aromatic nitrogens is 1. The fraction of sp³-hybridized carbons (Fsp3) is 0.375. The molecule has 21 heavy (non-hydrogen) atoms. The molecule has 112 valence electrons. The molecule has 5 nitrogen and oxygen atoms in total. The SMILES string of the molecule is COc1ccc2[nH]c(=O)c(CCNC(=O)C(C)C)cc2c1.